The van der Waals surface area contributed by atoms with E-state index in [4.69, 9.17) is 0 Å². The Bertz CT molecular complexity index is 1110. The van der Waals surface area contributed by atoms with Gasteiger partial charge in [-0.15, -0.1) is 0 Å². The van der Waals surface area contributed by atoms with Gasteiger partial charge in [0.25, 0.3) is 11.5 Å². The quantitative estimate of drug-likeness (QED) is 0.761. The Morgan fingerprint density at radius 1 is 1.12 bits per heavy atom. The van der Waals surface area contributed by atoms with Crippen LogP contribution in [0.2, 0.25) is 0 Å². The summed E-state index contributed by atoms with van der Waals surface area (Å²) in [6.07, 6.45) is 1.47. The zero-order chi connectivity index (χ0) is 18.3. The average molecular weight is 342 g/mol. The summed E-state index contributed by atoms with van der Waals surface area (Å²) >= 11 is 0. The van der Waals surface area contributed by atoms with Crippen LogP contribution in [0.4, 0.5) is 10.1 Å². The average Bonchev–Trinajstić information content (AvgIpc) is 2.60. The van der Waals surface area contributed by atoms with E-state index in [9.17, 15) is 18.8 Å². The fourth-order valence-electron chi connectivity index (χ4n) is 2.57. The summed E-state index contributed by atoms with van der Waals surface area (Å²) in [6, 6.07) is 5.04. The molecule has 1 N–H and O–H groups in total. The molecule has 1 aromatic carbocycles. The standard InChI is InChI=1S/C17H15FN4O3/c1-9-8-19-14-12(16(24)22(3)17(25)21(14)2)13(9)20-15(23)10-4-6-11(18)7-5-10/h4-8H,1-3H3,(H,19,20,23). The Morgan fingerprint density at radius 2 is 1.76 bits per heavy atom. The third kappa shape index (κ3) is 2.71. The number of benzene rings is 1. The van der Waals surface area contributed by atoms with Gasteiger partial charge in [0.1, 0.15) is 11.2 Å². The van der Waals surface area contributed by atoms with Gasteiger partial charge in [0.15, 0.2) is 5.65 Å². The van der Waals surface area contributed by atoms with Gasteiger partial charge in [0, 0.05) is 25.9 Å². The SMILES string of the molecule is Cc1cnc2c(c1NC(=O)c1ccc(F)cc1)c(=O)n(C)c(=O)n2C. The molecule has 0 spiro atoms. The normalized spacial score (nSPS) is 10.9. The number of aromatic nitrogens is 3. The number of hydrogen-bond acceptors (Lipinski definition) is 4. The number of fused-ring (bicyclic) bond motifs is 1. The Labute approximate surface area is 141 Å². The highest BCUT2D eigenvalue weighted by Gasteiger charge is 2.18. The summed E-state index contributed by atoms with van der Waals surface area (Å²) in [4.78, 5) is 41.2. The fraction of sp³-hybridized carbons (Fsp3) is 0.176. The summed E-state index contributed by atoms with van der Waals surface area (Å²) in [5.41, 5.74) is 0.197. The lowest BCUT2D eigenvalue weighted by Crippen LogP contribution is -2.37. The van der Waals surface area contributed by atoms with Crippen LogP contribution in [-0.2, 0) is 14.1 Å². The molecule has 0 aliphatic heterocycles. The number of aryl methyl sites for hydroxylation is 2. The van der Waals surface area contributed by atoms with Crippen molar-refractivity contribution >= 4 is 22.6 Å². The van der Waals surface area contributed by atoms with Crippen molar-refractivity contribution in [2.75, 3.05) is 5.32 Å². The monoisotopic (exact) mass is 342 g/mol. The minimum Gasteiger partial charge on any atom is -0.321 e. The van der Waals surface area contributed by atoms with Gasteiger partial charge in [0.2, 0.25) is 0 Å². The highest BCUT2D eigenvalue weighted by molar-refractivity contribution is 6.08. The van der Waals surface area contributed by atoms with Gasteiger partial charge in [-0.2, -0.15) is 0 Å². The number of carbonyl (C=O) groups excluding carboxylic acids is 1. The first-order valence-corrected chi connectivity index (χ1v) is 7.43. The molecular formula is C17H15FN4O3. The van der Waals surface area contributed by atoms with E-state index in [0.717, 1.165) is 4.57 Å². The lowest BCUT2D eigenvalue weighted by Gasteiger charge is -2.13. The number of carbonyl (C=O) groups is 1. The maximum absolute atomic E-state index is 13.0. The number of halogens is 1. The maximum Gasteiger partial charge on any atom is 0.332 e. The van der Waals surface area contributed by atoms with Crippen molar-refractivity contribution in [3.8, 4) is 0 Å². The van der Waals surface area contributed by atoms with Gasteiger partial charge in [0.05, 0.1) is 5.69 Å². The molecule has 7 nitrogen and oxygen atoms in total. The van der Waals surface area contributed by atoms with Crippen molar-refractivity contribution in [2.24, 2.45) is 14.1 Å². The number of pyridine rings is 1. The topological polar surface area (TPSA) is 86.0 Å². The summed E-state index contributed by atoms with van der Waals surface area (Å²) in [6.45, 7) is 1.69. The molecule has 0 aliphatic carbocycles. The minimum absolute atomic E-state index is 0.139. The van der Waals surface area contributed by atoms with E-state index in [2.05, 4.69) is 10.3 Å². The molecule has 0 unspecified atom stereocenters. The largest absolute Gasteiger partial charge is 0.332 e. The second kappa shape index (κ2) is 5.97. The van der Waals surface area contributed by atoms with Crippen molar-refractivity contribution in [3.63, 3.8) is 0 Å². The maximum atomic E-state index is 13.0. The molecule has 8 heteroatoms. The van der Waals surface area contributed by atoms with E-state index in [1.54, 1.807) is 6.92 Å². The van der Waals surface area contributed by atoms with Crippen LogP contribution < -0.4 is 16.6 Å². The molecule has 0 saturated heterocycles. The number of nitrogens with zero attached hydrogens (tertiary/aromatic N) is 3. The van der Waals surface area contributed by atoms with E-state index in [-0.39, 0.29) is 22.3 Å². The highest BCUT2D eigenvalue weighted by Crippen LogP contribution is 2.22. The van der Waals surface area contributed by atoms with Gasteiger partial charge in [-0.25, -0.2) is 14.2 Å². The second-order valence-electron chi connectivity index (χ2n) is 5.68. The van der Waals surface area contributed by atoms with Crippen molar-refractivity contribution < 1.29 is 9.18 Å². The Kier molecular flexibility index (Phi) is 3.96. The van der Waals surface area contributed by atoms with Crippen LogP contribution in [0.1, 0.15) is 15.9 Å². The van der Waals surface area contributed by atoms with E-state index < -0.39 is 23.0 Å². The zero-order valence-electron chi connectivity index (χ0n) is 13.8. The third-order valence-corrected chi connectivity index (χ3v) is 4.00. The van der Waals surface area contributed by atoms with Crippen molar-refractivity contribution in [1.29, 1.82) is 0 Å². The zero-order valence-corrected chi connectivity index (χ0v) is 13.8. The molecule has 0 saturated carbocycles. The Hall–Kier alpha value is -3.29. The molecule has 0 bridgehead atoms. The van der Waals surface area contributed by atoms with E-state index in [1.807, 2.05) is 0 Å². The molecule has 2 aromatic heterocycles. The minimum atomic E-state index is -0.552. The second-order valence-corrected chi connectivity index (χ2v) is 5.68. The van der Waals surface area contributed by atoms with E-state index in [0.29, 0.717) is 5.56 Å². The van der Waals surface area contributed by atoms with Crippen LogP contribution in [0.5, 0.6) is 0 Å². The van der Waals surface area contributed by atoms with E-state index >= 15 is 0 Å². The molecule has 0 aliphatic rings. The summed E-state index contributed by atoms with van der Waals surface area (Å²) in [5, 5.41) is 2.81. The summed E-state index contributed by atoms with van der Waals surface area (Å²) < 4.78 is 15.2. The van der Waals surface area contributed by atoms with Gasteiger partial charge < -0.3 is 5.32 Å². The van der Waals surface area contributed by atoms with Crippen molar-refractivity contribution in [1.82, 2.24) is 14.1 Å². The Balaban J connectivity index is 2.21. The molecule has 0 atom stereocenters. The lowest BCUT2D eigenvalue weighted by molar-refractivity contribution is 0.102. The van der Waals surface area contributed by atoms with Crippen LogP contribution in [0, 0.1) is 12.7 Å². The number of rotatable bonds is 2. The molecule has 3 aromatic rings. The van der Waals surface area contributed by atoms with Crippen LogP contribution in [0.3, 0.4) is 0 Å². The molecule has 128 valence electrons. The molecule has 25 heavy (non-hydrogen) atoms. The lowest BCUT2D eigenvalue weighted by atomic mass is 10.1. The van der Waals surface area contributed by atoms with Crippen LogP contribution in [0.25, 0.3) is 11.0 Å². The summed E-state index contributed by atoms with van der Waals surface area (Å²) in [5.74, 6) is -0.947. The number of hydrogen-bond donors (Lipinski definition) is 1. The van der Waals surface area contributed by atoms with Crippen LogP contribution in [0.15, 0.2) is 40.1 Å². The first-order chi connectivity index (χ1) is 11.8. The predicted octanol–water partition coefficient (Wildman–Crippen LogP) is 1.33. The Morgan fingerprint density at radius 3 is 2.40 bits per heavy atom. The number of amides is 1. The van der Waals surface area contributed by atoms with Crippen LogP contribution in [-0.4, -0.2) is 20.0 Å². The molecule has 0 radical (unpaired) electrons. The third-order valence-electron chi connectivity index (χ3n) is 4.00. The molecule has 2 heterocycles. The first kappa shape index (κ1) is 16.6. The smallest absolute Gasteiger partial charge is 0.321 e. The molecular weight excluding hydrogens is 327 g/mol. The predicted molar refractivity (Wildman–Crippen MR) is 91.3 cm³/mol. The van der Waals surface area contributed by atoms with Gasteiger partial charge in [-0.05, 0) is 36.8 Å². The van der Waals surface area contributed by atoms with E-state index in [1.165, 1.54) is 49.1 Å². The molecule has 3 rings (SSSR count). The summed E-state index contributed by atoms with van der Waals surface area (Å²) in [7, 11) is 2.86. The van der Waals surface area contributed by atoms with Gasteiger partial charge in [-0.1, -0.05) is 0 Å². The first-order valence-electron chi connectivity index (χ1n) is 7.43. The fourth-order valence-corrected chi connectivity index (χ4v) is 2.57. The van der Waals surface area contributed by atoms with Gasteiger partial charge >= 0.3 is 5.69 Å². The van der Waals surface area contributed by atoms with Crippen LogP contribution >= 0.6 is 0 Å². The highest BCUT2D eigenvalue weighted by atomic mass is 19.1. The van der Waals surface area contributed by atoms with Crippen molar-refractivity contribution in [3.05, 3.63) is 68.2 Å². The molecule has 0 fully saturated rings. The van der Waals surface area contributed by atoms with Gasteiger partial charge in [-0.3, -0.25) is 18.7 Å². The number of nitrogens with one attached hydrogen (secondary N) is 1. The molecule has 1 amide bonds. The number of anilines is 1. The van der Waals surface area contributed by atoms with Crippen molar-refractivity contribution in [2.45, 2.75) is 6.92 Å².